The number of rotatable bonds is 3. The van der Waals surface area contributed by atoms with Crippen LogP contribution in [0.3, 0.4) is 0 Å². The predicted molar refractivity (Wildman–Crippen MR) is 161 cm³/mol. The van der Waals surface area contributed by atoms with E-state index in [-0.39, 0.29) is 55.4 Å². The van der Waals surface area contributed by atoms with E-state index in [1.807, 2.05) is 24.3 Å². The van der Waals surface area contributed by atoms with Crippen molar-refractivity contribution < 1.29 is 23.6 Å². The summed E-state index contributed by atoms with van der Waals surface area (Å²) >= 11 is 0. The first-order chi connectivity index (χ1) is 24.6. The lowest BCUT2D eigenvalue weighted by atomic mass is 9.86. The van der Waals surface area contributed by atoms with Gasteiger partial charge in [0.25, 0.3) is 0 Å². The molecule has 0 fully saturated rings. The maximum atomic E-state index is 9.16. The summed E-state index contributed by atoms with van der Waals surface area (Å²) in [6.45, 7) is 0. The second-order valence-electron chi connectivity index (χ2n) is 9.05. The maximum absolute atomic E-state index is 9.16. The molecule has 8 rings (SSSR count). The van der Waals surface area contributed by atoms with Crippen LogP contribution in [-0.4, -0.2) is 0 Å². The Morgan fingerprint density at radius 2 is 1.18 bits per heavy atom. The second kappa shape index (κ2) is 8.33. The smallest absolute Gasteiger partial charge is 0.136 e. The van der Waals surface area contributed by atoms with Gasteiger partial charge in [0.2, 0.25) is 0 Å². The zero-order valence-corrected chi connectivity index (χ0v) is 19.7. The minimum Gasteiger partial charge on any atom is -0.456 e. The van der Waals surface area contributed by atoms with Crippen molar-refractivity contribution in [2.75, 3.05) is 0 Å². The van der Waals surface area contributed by atoms with Crippen molar-refractivity contribution in [3.8, 4) is 11.1 Å². The van der Waals surface area contributed by atoms with E-state index in [0.29, 0.717) is 16.7 Å². The molecule has 1 aromatic heterocycles. The number of hydrogen-bond donors (Lipinski definition) is 0. The molecule has 0 spiro atoms. The van der Waals surface area contributed by atoms with Crippen molar-refractivity contribution in [2.45, 2.75) is 6.42 Å². The van der Waals surface area contributed by atoms with Gasteiger partial charge < -0.3 is 4.42 Å². The number of para-hydroxylation sites is 1. The van der Waals surface area contributed by atoms with Crippen LogP contribution in [0.5, 0.6) is 0 Å². The molecule has 0 saturated carbocycles. The molecule has 178 valence electrons. The normalized spacial score (nSPS) is 16.9. The van der Waals surface area contributed by atoms with Crippen molar-refractivity contribution in [1.82, 2.24) is 0 Å². The lowest BCUT2D eigenvalue weighted by Gasteiger charge is -2.17. The molecule has 0 N–H and O–H groups in total. The quantitative estimate of drug-likeness (QED) is 0.221. The van der Waals surface area contributed by atoms with E-state index in [1.54, 1.807) is 18.2 Å². The highest BCUT2D eigenvalue weighted by Crippen LogP contribution is 2.42. The van der Waals surface area contributed by atoms with Crippen LogP contribution in [0, 0.1) is 0 Å². The van der Waals surface area contributed by atoms with E-state index < -0.39 is 84.6 Å². The SMILES string of the molecule is [2H]c1c([2H])c([2H])c2c([2H])c([2H])c(Cc3c4c([2H])c([2H])c([2H])c([2H])c4c(-c4ccc5c(c4)oc4ccccc45)c4c([2H])c([2H])c([2H])c([2H])c34)cc2c1[2H]. The Kier molecular flexibility index (Phi) is 2.56. The van der Waals surface area contributed by atoms with Crippen LogP contribution in [0.2, 0.25) is 0 Å². The van der Waals surface area contributed by atoms with E-state index in [4.69, 9.17) is 23.6 Å². The molecule has 38 heavy (non-hydrogen) atoms. The Balaban J connectivity index is 1.56. The summed E-state index contributed by atoms with van der Waals surface area (Å²) < 4.78 is 128. The Morgan fingerprint density at radius 1 is 0.526 bits per heavy atom. The standard InChI is InChI=1S/C37H24O/c1-2-10-26-21-24(17-18-25(26)9-1)22-34-28-11-3-5-14-32(28)37(33-15-6-4-12-29(33)34)27-19-20-31-30-13-7-8-16-35(30)38-36(31)23-27/h1-21,23H,22H2/i1D,2D,3D,4D,5D,6D,9D,10D,11D,12D,14D,15D,17D,18D. The summed E-state index contributed by atoms with van der Waals surface area (Å²) in [5.74, 6) is 0. The largest absolute Gasteiger partial charge is 0.456 e. The average Bonchev–Trinajstić information content (AvgIpc) is 3.51. The van der Waals surface area contributed by atoms with Gasteiger partial charge in [-0.25, -0.2) is 0 Å². The molecule has 0 amide bonds. The topological polar surface area (TPSA) is 13.1 Å². The van der Waals surface area contributed by atoms with Crippen LogP contribution in [0.1, 0.15) is 30.3 Å². The van der Waals surface area contributed by atoms with Gasteiger partial charge in [0.15, 0.2) is 0 Å². The Hall–Kier alpha value is -4.88. The molecule has 1 heterocycles. The van der Waals surface area contributed by atoms with E-state index in [2.05, 4.69) is 0 Å². The van der Waals surface area contributed by atoms with Crippen molar-refractivity contribution in [3.63, 3.8) is 0 Å². The lowest BCUT2D eigenvalue weighted by molar-refractivity contribution is 0.669. The van der Waals surface area contributed by atoms with Crippen LogP contribution in [-0.2, 0) is 6.42 Å². The molecular weight excluding hydrogens is 460 g/mol. The minimum absolute atomic E-state index is 0.0191. The monoisotopic (exact) mass is 498 g/mol. The van der Waals surface area contributed by atoms with E-state index in [1.165, 1.54) is 6.07 Å². The first kappa shape index (κ1) is 11.7. The van der Waals surface area contributed by atoms with Gasteiger partial charge in [-0.2, -0.15) is 0 Å². The van der Waals surface area contributed by atoms with Crippen LogP contribution >= 0.6 is 0 Å². The fourth-order valence-electron chi connectivity index (χ4n) is 5.22. The van der Waals surface area contributed by atoms with Gasteiger partial charge in [-0.15, -0.1) is 0 Å². The fourth-order valence-corrected chi connectivity index (χ4v) is 5.22. The van der Waals surface area contributed by atoms with Crippen molar-refractivity contribution in [1.29, 1.82) is 0 Å². The molecule has 7 aromatic carbocycles. The predicted octanol–water partition coefficient (Wildman–Crippen LogP) is 10.3. The molecule has 0 aliphatic heterocycles. The molecule has 1 nitrogen and oxygen atoms in total. The summed E-state index contributed by atoms with van der Waals surface area (Å²) in [7, 11) is 0. The summed E-state index contributed by atoms with van der Waals surface area (Å²) in [5.41, 5.74) is 1.68. The molecule has 0 aliphatic rings. The van der Waals surface area contributed by atoms with Gasteiger partial charge in [0, 0.05) is 10.8 Å². The van der Waals surface area contributed by atoms with Gasteiger partial charge in [-0.3, -0.25) is 0 Å². The number of benzene rings is 7. The third-order valence-corrected chi connectivity index (χ3v) is 6.90. The molecule has 0 radical (unpaired) electrons. The van der Waals surface area contributed by atoms with Crippen LogP contribution in [0.15, 0.2) is 138 Å². The van der Waals surface area contributed by atoms with Crippen molar-refractivity contribution >= 4 is 54.3 Å². The minimum atomic E-state index is -0.586. The highest BCUT2D eigenvalue weighted by molar-refractivity contribution is 6.16. The summed E-state index contributed by atoms with van der Waals surface area (Å²) in [5, 5.41) is 1.29. The number of fused-ring (bicyclic) bond motifs is 6. The highest BCUT2D eigenvalue weighted by Gasteiger charge is 2.17. The molecule has 0 atom stereocenters. The van der Waals surface area contributed by atoms with Crippen molar-refractivity contribution in [3.05, 3.63) is 144 Å². The van der Waals surface area contributed by atoms with E-state index >= 15 is 0 Å². The van der Waals surface area contributed by atoms with Crippen molar-refractivity contribution in [2.24, 2.45) is 0 Å². The van der Waals surface area contributed by atoms with Gasteiger partial charge in [0.1, 0.15) is 11.2 Å². The molecule has 0 saturated heterocycles. The third-order valence-electron chi connectivity index (χ3n) is 6.90. The lowest BCUT2D eigenvalue weighted by Crippen LogP contribution is -1.95. The Bertz CT molecular complexity index is 2850. The van der Waals surface area contributed by atoms with Crippen LogP contribution in [0.25, 0.3) is 65.4 Å². The van der Waals surface area contributed by atoms with Gasteiger partial charge in [-0.05, 0) is 79.2 Å². The first-order valence-electron chi connectivity index (χ1n) is 19.0. The second-order valence-corrected chi connectivity index (χ2v) is 9.05. The number of furan rings is 1. The summed E-state index contributed by atoms with van der Waals surface area (Å²) in [4.78, 5) is 0. The third kappa shape index (κ3) is 3.26. The summed E-state index contributed by atoms with van der Waals surface area (Å²) in [6.07, 6.45) is -0.372. The molecular formula is C37H24O. The molecule has 1 heteroatoms. The first-order valence-corrected chi connectivity index (χ1v) is 12.0. The van der Waals surface area contributed by atoms with Gasteiger partial charge in [-0.1, -0.05) is 115 Å². The molecule has 0 aliphatic carbocycles. The van der Waals surface area contributed by atoms with E-state index in [9.17, 15) is 0 Å². The summed E-state index contributed by atoms with van der Waals surface area (Å²) in [6, 6.07) is 6.87. The zero-order valence-electron chi connectivity index (χ0n) is 33.7. The van der Waals surface area contributed by atoms with Gasteiger partial charge in [0.05, 0.1) is 19.2 Å². The average molecular weight is 499 g/mol. The van der Waals surface area contributed by atoms with Crippen LogP contribution < -0.4 is 0 Å². The maximum Gasteiger partial charge on any atom is 0.136 e. The zero-order chi connectivity index (χ0) is 37.2. The number of hydrogen-bond acceptors (Lipinski definition) is 1. The molecule has 8 aromatic rings. The Labute approximate surface area is 240 Å². The Morgan fingerprint density at radius 3 is 1.97 bits per heavy atom. The fraction of sp³-hybridized carbons (Fsp3) is 0.0270. The highest BCUT2D eigenvalue weighted by atomic mass is 16.3. The van der Waals surface area contributed by atoms with E-state index in [0.717, 1.165) is 10.8 Å². The molecule has 0 bridgehead atoms. The van der Waals surface area contributed by atoms with Crippen LogP contribution in [0.4, 0.5) is 0 Å². The molecule has 0 unspecified atom stereocenters. The van der Waals surface area contributed by atoms with Gasteiger partial charge >= 0.3 is 0 Å².